The van der Waals surface area contributed by atoms with E-state index in [0.29, 0.717) is 5.69 Å². The fourth-order valence-corrected chi connectivity index (χ4v) is 0.738. The molecule has 0 bridgehead atoms. The highest BCUT2D eigenvalue weighted by Crippen LogP contribution is 2.04. The van der Waals surface area contributed by atoms with Gasteiger partial charge < -0.3 is 4.90 Å². The fraction of sp³-hybridized carbons (Fsp3) is 0.375. The third-order valence-electron chi connectivity index (χ3n) is 1.62. The van der Waals surface area contributed by atoms with Crippen molar-refractivity contribution in [3.8, 4) is 6.07 Å². The van der Waals surface area contributed by atoms with E-state index >= 15 is 0 Å². The molecule has 0 aliphatic rings. The molecule has 0 fully saturated rings. The van der Waals surface area contributed by atoms with Gasteiger partial charge in [-0.1, -0.05) is 0 Å². The molecule has 0 spiro atoms. The first kappa shape index (κ1) is 8.47. The van der Waals surface area contributed by atoms with Gasteiger partial charge >= 0.3 is 0 Å². The lowest BCUT2D eigenvalue weighted by Gasteiger charge is -2.13. The molecule has 62 valence electrons. The summed E-state index contributed by atoms with van der Waals surface area (Å²) in [4.78, 5) is 9.91. The molecule has 0 aliphatic carbocycles. The molecule has 0 amide bonds. The molecular formula is C8H10N4. The van der Waals surface area contributed by atoms with Crippen LogP contribution in [0.5, 0.6) is 0 Å². The maximum absolute atomic E-state index is 8.46. The van der Waals surface area contributed by atoms with Gasteiger partial charge in [0.15, 0.2) is 5.69 Å². The summed E-state index contributed by atoms with van der Waals surface area (Å²) >= 11 is 0. The van der Waals surface area contributed by atoms with E-state index in [0.717, 1.165) is 12.4 Å². The lowest BCUT2D eigenvalue weighted by molar-refractivity contribution is 0.925. The molecule has 4 heteroatoms. The first-order chi connectivity index (χ1) is 5.77. The van der Waals surface area contributed by atoms with E-state index in [4.69, 9.17) is 5.26 Å². The molecule has 4 nitrogen and oxygen atoms in total. The summed E-state index contributed by atoms with van der Waals surface area (Å²) in [5.41, 5.74) is 0.350. The van der Waals surface area contributed by atoms with Gasteiger partial charge in [0.1, 0.15) is 11.9 Å². The molecular weight excluding hydrogens is 152 g/mol. The summed E-state index contributed by atoms with van der Waals surface area (Å²) in [7, 11) is 1.93. The maximum Gasteiger partial charge on any atom is 0.158 e. The van der Waals surface area contributed by atoms with E-state index in [1.165, 1.54) is 6.20 Å². The van der Waals surface area contributed by atoms with Crippen LogP contribution in [0.15, 0.2) is 12.4 Å². The summed E-state index contributed by atoms with van der Waals surface area (Å²) in [6, 6.07) is 1.92. The average molecular weight is 162 g/mol. The van der Waals surface area contributed by atoms with Gasteiger partial charge in [0, 0.05) is 13.6 Å². The quantitative estimate of drug-likeness (QED) is 0.645. The third kappa shape index (κ3) is 1.70. The highest BCUT2D eigenvalue weighted by Gasteiger charge is 1.99. The number of nitriles is 1. The van der Waals surface area contributed by atoms with Gasteiger partial charge in [-0.2, -0.15) is 5.26 Å². The zero-order valence-electron chi connectivity index (χ0n) is 7.15. The minimum atomic E-state index is 0.350. The van der Waals surface area contributed by atoms with Crippen LogP contribution < -0.4 is 4.90 Å². The van der Waals surface area contributed by atoms with Gasteiger partial charge in [-0.15, -0.1) is 0 Å². The lowest BCUT2D eigenvalue weighted by atomic mass is 10.5. The Kier molecular flexibility index (Phi) is 2.59. The van der Waals surface area contributed by atoms with Gasteiger partial charge in [0.2, 0.25) is 0 Å². The van der Waals surface area contributed by atoms with Crippen LogP contribution in [0.3, 0.4) is 0 Å². The highest BCUT2D eigenvalue weighted by atomic mass is 15.2. The zero-order chi connectivity index (χ0) is 8.97. The Labute approximate surface area is 71.5 Å². The van der Waals surface area contributed by atoms with Crippen LogP contribution in [-0.4, -0.2) is 23.6 Å². The predicted octanol–water partition coefficient (Wildman–Crippen LogP) is 0.804. The van der Waals surface area contributed by atoms with Crippen molar-refractivity contribution in [2.24, 2.45) is 0 Å². The topological polar surface area (TPSA) is 52.8 Å². The Balaban J connectivity index is 2.86. The predicted molar refractivity (Wildman–Crippen MR) is 45.7 cm³/mol. The van der Waals surface area contributed by atoms with Crippen LogP contribution in [0.4, 0.5) is 5.82 Å². The highest BCUT2D eigenvalue weighted by molar-refractivity contribution is 5.35. The van der Waals surface area contributed by atoms with Crippen LogP contribution in [0, 0.1) is 11.3 Å². The fourth-order valence-electron chi connectivity index (χ4n) is 0.738. The van der Waals surface area contributed by atoms with Crippen molar-refractivity contribution in [1.82, 2.24) is 9.97 Å². The molecule has 0 aromatic carbocycles. The second-order valence-corrected chi connectivity index (χ2v) is 2.39. The summed E-state index contributed by atoms with van der Waals surface area (Å²) in [5, 5.41) is 8.46. The summed E-state index contributed by atoms with van der Waals surface area (Å²) < 4.78 is 0. The third-order valence-corrected chi connectivity index (χ3v) is 1.62. The van der Waals surface area contributed by atoms with Crippen molar-refractivity contribution in [1.29, 1.82) is 5.26 Å². The molecule has 12 heavy (non-hydrogen) atoms. The molecule has 1 rings (SSSR count). The number of hydrogen-bond acceptors (Lipinski definition) is 4. The molecule has 0 N–H and O–H groups in total. The second kappa shape index (κ2) is 3.67. The molecule has 1 aromatic rings. The van der Waals surface area contributed by atoms with Crippen molar-refractivity contribution in [2.75, 3.05) is 18.5 Å². The molecule has 0 saturated carbocycles. The zero-order valence-corrected chi connectivity index (χ0v) is 7.15. The van der Waals surface area contributed by atoms with E-state index in [9.17, 15) is 0 Å². The van der Waals surface area contributed by atoms with Gasteiger partial charge in [-0.3, -0.25) is 0 Å². The average Bonchev–Trinajstić information content (AvgIpc) is 2.17. The molecule has 0 radical (unpaired) electrons. The van der Waals surface area contributed by atoms with E-state index in [2.05, 4.69) is 9.97 Å². The number of aromatic nitrogens is 2. The van der Waals surface area contributed by atoms with Crippen LogP contribution in [0.1, 0.15) is 12.6 Å². The molecule has 0 unspecified atom stereocenters. The van der Waals surface area contributed by atoms with Crippen LogP contribution in [0.25, 0.3) is 0 Å². The number of nitrogens with zero attached hydrogens (tertiary/aromatic N) is 4. The van der Waals surface area contributed by atoms with Crippen molar-refractivity contribution in [3.63, 3.8) is 0 Å². The summed E-state index contributed by atoms with van der Waals surface area (Å²) in [6.07, 6.45) is 3.07. The Morgan fingerprint density at radius 3 is 2.67 bits per heavy atom. The van der Waals surface area contributed by atoms with Gasteiger partial charge in [-0.25, -0.2) is 9.97 Å². The van der Waals surface area contributed by atoms with Crippen LogP contribution >= 0.6 is 0 Å². The molecule has 1 aromatic heterocycles. The Bertz CT molecular complexity index is 285. The van der Waals surface area contributed by atoms with E-state index in [1.807, 2.05) is 24.9 Å². The van der Waals surface area contributed by atoms with Crippen LogP contribution in [-0.2, 0) is 0 Å². The monoisotopic (exact) mass is 162 g/mol. The van der Waals surface area contributed by atoms with Gasteiger partial charge in [0.05, 0.1) is 12.4 Å². The molecule has 0 saturated heterocycles. The Hall–Kier alpha value is -1.63. The Morgan fingerprint density at radius 2 is 2.25 bits per heavy atom. The molecule has 1 heterocycles. The minimum absolute atomic E-state index is 0.350. The SMILES string of the molecule is CCN(C)c1cnc(C#N)cn1. The lowest BCUT2D eigenvalue weighted by Crippen LogP contribution is -2.17. The molecule has 0 atom stereocenters. The normalized spacial score (nSPS) is 9.08. The van der Waals surface area contributed by atoms with E-state index < -0.39 is 0 Å². The van der Waals surface area contributed by atoms with Gasteiger partial charge in [0.25, 0.3) is 0 Å². The maximum atomic E-state index is 8.46. The van der Waals surface area contributed by atoms with Crippen molar-refractivity contribution < 1.29 is 0 Å². The Morgan fingerprint density at radius 1 is 1.50 bits per heavy atom. The first-order valence-electron chi connectivity index (χ1n) is 3.71. The van der Waals surface area contributed by atoms with Gasteiger partial charge in [-0.05, 0) is 6.92 Å². The summed E-state index contributed by atoms with van der Waals surface area (Å²) in [5.74, 6) is 0.788. The number of anilines is 1. The minimum Gasteiger partial charge on any atom is -0.359 e. The van der Waals surface area contributed by atoms with Crippen molar-refractivity contribution in [2.45, 2.75) is 6.92 Å². The van der Waals surface area contributed by atoms with Crippen molar-refractivity contribution in [3.05, 3.63) is 18.1 Å². The molecule has 0 aliphatic heterocycles. The first-order valence-corrected chi connectivity index (χ1v) is 3.71. The largest absolute Gasteiger partial charge is 0.359 e. The van der Waals surface area contributed by atoms with Crippen LogP contribution in [0.2, 0.25) is 0 Å². The number of hydrogen-bond donors (Lipinski definition) is 0. The smallest absolute Gasteiger partial charge is 0.158 e. The second-order valence-electron chi connectivity index (χ2n) is 2.39. The standard InChI is InChI=1S/C8H10N4/c1-3-12(2)8-6-10-7(4-9)5-11-8/h5-6H,3H2,1-2H3. The van der Waals surface area contributed by atoms with E-state index in [-0.39, 0.29) is 0 Å². The summed E-state index contributed by atoms with van der Waals surface area (Å²) in [6.45, 7) is 2.90. The van der Waals surface area contributed by atoms with Crippen molar-refractivity contribution >= 4 is 5.82 Å². The van der Waals surface area contributed by atoms with E-state index in [1.54, 1.807) is 6.20 Å². The number of rotatable bonds is 2.